The first-order valence-corrected chi connectivity index (χ1v) is 7.46. The standard InChI is InChI=1S/C16H19N3O5/c1-10(11-3-5-12(6-4-11)24-9-15(21)22)17-16(23)13-7-8-14(20)19(2)18-13/h3-6,10H,7-9H2,1-2H3,(H,17,23)(H,21,22)/t10-/m0/s1. The molecule has 0 radical (unpaired) electrons. The van der Waals surface area contributed by atoms with Gasteiger partial charge in [-0.3, -0.25) is 9.59 Å². The molecule has 24 heavy (non-hydrogen) atoms. The molecule has 1 aliphatic rings. The summed E-state index contributed by atoms with van der Waals surface area (Å²) in [5, 5.41) is 16.6. The van der Waals surface area contributed by atoms with Crippen molar-refractivity contribution in [3.05, 3.63) is 29.8 Å². The number of carboxylic acid groups (broad SMARTS) is 1. The lowest BCUT2D eigenvalue weighted by molar-refractivity contribution is -0.139. The van der Waals surface area contributed by atoms with E-state index in [0.717, 1.165) is 5.56 Å². The first-order chi connectivity index (χ1) is 11.4. The molecule has 1 aromatic rings. The van der Waals surface area contributed by atoms with Gasteiger partial charge in [0, 0.05) is 19.9 Å². The zero-order chi connectivity index (χ0) is 17.7. The van der Waals surface area contributed by atoms with Gasteiger partial charge in [-0.15, -0.1) is 0 Å². The zero-order valence-electron chi connectivity index (χ0n) is 13.5. The van der Waals surface area contributed by atoms with Gasteiger partial charge >= 0.3 is 5.97 Å². The molecule has 2 rings (SSSR count). The van der Waals surface area contributed by atoms with Crippen molar-refractivity contribution < 1.29 is 24.2 Å². The molecule has 1 atom stereocenters. The van der Waals surface area contributed by atoms with Gasteiger partial charge in [0.15, 0.2) is 6.61 Å². The van der Waals surface area contributed by atoms with Gasteiger partial charge in [-0.2, -0.15) is 5.10 Å². The molecule has 2 N–H and O–H groups in total. The number of rotatable bonds is 6. The summed E-state index contributed by atoms with van der Waals surface area (Å²) in [5.74, 6) is -1.03. The van der Waals surface area contributed by atoms with Gasteiger partial charge in [0.1, 0.15) is 11.5 Å². The summed E-state index contributed by atoms with van der Waals surface area (Å²) in [6.45, 7) is 1.42. The van der Waals surface area contributed by atoms with Crippen molar-refractivity contribution in [1.29, 1.82) is 0 Å². The highest BCUT2D eigenvalue weighted by Crippen LogP contribution is 2.18. The Bertz CT molecular complexity index is 669. The van der Waals surface area contributed by atoms with Gasteiger partial charge in [0.05, 0.1) is 6.04 Å². The highest BCUT2D eigenvalue weighted by Gasteiger charge is 2.23. The number of carboxylic acids is 1. The second-order valence-electron chi connectivity index (χ2n) is 5.41. The average Bonchev–Trinajstić information content (AvgIpc) is 2.55. The minimum absolute atomic E-state index is 0.114. The number of amides is 2. The maximum Gasteiger partial charge on any atom is 0.341 e. The summed E-state index contributed by atoms with van der Waals surface area (Å²) in [6.07, 6.45) is 0.594. The first-order valence-electron chi connectivity index (χ1n) is 7.46. The van der Waals surface area contributed by atoms with Crippen LogP contribution in [0.25, 0.3) is 0 Å². The van der Waals surface area contributed by atoms with Crippen molar-refractivity contribution in [3.63, 3.8) is 0 Å². The smallest absolute Gasteiger partial charge is 0.341 e. The fraction of sp³-hybridized carbons (Fsp3) is 0.375. The first kappa shape index (κ1) is 17.5. The molecule has 0 saturated carbocycles. The Morgan fingerprint density at radius 3 is 2.58 bits per heavy atom. The predicted octanol–water partition coefficient (Wildman–Crippen LogP) is 0.935. The zero-order valence-corrected chi connectivity index (χ0v) is 13.5. The maximum absolute atomic E-state index is 12.2. The largest absolute Gasteiger partial charge is 0.482 e. The van der Waals surface area contributed by atoms with E-state index in [1.54, 1.807) is 24.3 Å². The van der Waals surface area contributed by atoms with Gasteiger partial charge in [-0.1, -0.05) is 12.1 Å². The second-order valence-corrected chi connectivity index (χ2v) is 5.41. The molecule has 0 bridgehead atoms. The van der Waals surface area contributed by atoms with Crippen molar-refractivity contribution in [2.75, 3.05) is 13.7 Å². The van der Waals surface area contributed by atoms with E-state index in [4.69, 9.17) is 9.84 Å². The van der Waals surface area contributed by atoms with E-state index < -0.39 is 12.6 Å². The number of hydrogen-bond donors (Lipinski definition) is 2. The Morgan fingerprint density at radius 2 is 2.00 bits per heavy atom. The second kappa shape index (κ2) is 7.58. The van der Waals surface area contributed by atoms with Gasteiger partial charge in [0.2, 0.25) is 5.91 Å². The lowest BCUT2D eigenvalue weighted by Gasteiger charge is -2.21. The molecule has 0 fully saturated rings. The van der Waals surface area contributed by atoms with Crippen LogP contribution in [0.5, 0.6) is 5.75 Å². The third-order valence-corrected chi connectivity index (χ3v) is 3.56. The van der Waals surface area contributed by atoms with Crippen LogP contribution < -0.4 is 10.1 Å². The molecule has 2 amide bonds. The van der Waals surface area contributed by atoms with E-state index in [9.17, 15) is 14.4 Å². The van der Waals surface area contributed by atoms with E-state index in [1.165, 1.54) is 12.1 Å². The summed E-state index contributed by atoms with van der Waals surface area (Å²) in [4.78, 5) is 34.0. The van der Waals surface area contributed by atoms with Gasteiger partial charge in [-0.05, 0) is 24.6 Å². The Balaban J connectivity index is 1.95. The van der Waals surface area contributed by atoms with Crippen LogP contribution in [-0.4, -0.2) is 47.3 Å². The Labute approximate surface area is 139 Å². The van der Waals surface area contributed by atoms with Crippen LogP contribution in [0.1, 0.15) is 31.4 Å². The minimum atomic E-state index is -1.04. The summed E-state index contributed by atoms with van der Waals surface area (Å²) >= 11 is 0. The normalized spacial score (nSPS) is 15.5. The van der Waals surface area contributed by atoms with Crippen LogP contribution in [0.2, 0.25) is 0 Å². The third-order valence-electron chi connectivity index (χ3n) is 3.56. The van der Waals surface area contributed by atoms with Gasteiger partial charge in [0.25, 0.3) is 5.91 Å². The SMILES string of the molecule is C[C@H](NC(=O)C1=NN(C)C(=O)CC1)c1ccc(OCC(=O)O)cc1. The molecule has 0 aromatic heterocycles. The van der Waals surface area contributed by atoms with E-state index >= 15 is 0 Å². The number of carbonyl (C=O) groups is 3. The fourth-order valence-corrected chi connectivity index (χ4v) is 2.19. The number of nitrogens with one attached hydrogen (secondary N) is 1. The topological polar surface area (TPSA) is 108 Å². The summed E-state index contributed by atoms with van der Waals surface area (Å²) in [5.41, 5.74) is 1.16. The Hall–Kier alpha value is -2.90. The molecule has 1 heterocycles. The van der Waals surface area contributed by atoms with Crippen LogP contribution >= 0.6 is 0 Å². The van der Waals surface area contributed by atoms with Crippen LogP contribution in [-0.2, 0) is 14.4 Å². The molecule has 1 aliphatic heterocycles. The number of hydrogen-bond acceptors (Lipinski definition) is 5. The third kappa shape index (κ3) is 4.55. The quantitative estimate of drug-likeness (QED) is 0.805. The van der Waals surface area contributed by atoms with Crippen LogP contribution in [0.3, 0.4) is 0 Å². The Morgan fingerprint density at radius 1 is 1.33 bits per heavy atom. The van der Waals surface area contributed by atoms with E-state index in [0.29, 0.717) is 17.9 Å². The molecule has 0 unspecified atom stereocenters. The molecule has 1 aromatic carbocycles. The van der Waals surface area contributed by atoms with Crippen LogP contribution in [0, 0.1) is 0 Å². The Kier molecular flexibility index (Phi) is 5.51. The lowest BCUT2D eigenvalue weighted by Crippen LogP contribution is -2.38. The van der Waals surface area contributed by atoms with Crippen molar-refractivity contribution in [3.8, 4) is 5.75 Å². The van der Waals surface area contributed by atoms with Crippen molar-refractivity contribution in [2.24, 2.45) is 5.10 Å². The predicted molar refractivity (Wildman–Crippen MR) is 85.6 cm³/mol. The summed E-state index contributed by atoms with van der Waals surface area (Å²) in [6, 6.07) is 6.52. The van der Waals surface area contributed by atoms with Crippen LogP contribution in [0.4, 0.5) is 0 Å². The lowest BCUT2D eigenvalue weighted by atomic mass is 10.1. The van der Waals surface area contributed by atoms with Crippen molar-refractivity contribution in [2.45, 2.75) is 25.8 Å². The monoisotopic (exact) mass is 333 g/mol. The average molecular weight is 333 g/mol. The molecule has 8 heteroatoms. The van der Waals surface area contributed by atoms with Crippen molar-refractivity contribution in [1.82, 2.24) is 10.3 Å². The molecule has 8 nitrogen and oxygen atoms in total. The van der Waals surface area contributed by atoms with Gasteiger partial charge < -0.3 is 15.2 Å². The van der Waals surface area contributed by atoms with E-state index in [-0.39, 0.29) is 24.3 Å². The number of nitrogens with zero attached hydrogens (tertiary/aromatic N) is 2. The van der Waals surface area contributed by atoms with Gasteiger partial charge in [-0.25, -0.2) is 9.80 Å². The number of hydrazone groups is 1. The number of ether oxygens (including phenoxy) is 1. The highest BCUT2D eigenvalue weighted by atomic mass is 16.5. The molecular weight excluding hydrogens is 314 g/mol. The molecule has 0 saturated heterocycles. The van der Waals surface area contributed by atoms with E-state index in [2.05, 4.69) is 10.4 Å². The van der Waals surface area contributed by atoms with Crippen molar-refractivity contribution >= 4 is 23.5 Å². The molecule has 128 valence electrons. The molecule has 0 spiro atoms. The molecular formula is C16H19N3O5. The number of carbonyl (C=O) groups excluding carboxylic acids is 2. The summed E-state index contributed by atoms with van der Waals surface area (Å²) < 4.78 is 5.06. The summed E-state index contributed by atoms with van der Waals surface area (Å²) in [7, 11) is 1.52. The number of benzene rings is 1. The minimum Gasteiger partial charge on any atom is -0.482 e. The van der Waals surface area contributed by atoms with E-state index in [1.807, 2.05) is 6.92 Å². The van der Waals surface area contributed by atoms with Crippen LogP contribution in [0.15, 0.2) is 29.4 Å². The maximum atomic E-state index is 12.2. The fourth-order valence-electron chi connectivity index (χ4n) is 2.19. The molecule has 0 aliphatic carbocycles. The highest BCUT2D eigenvalue weighted by molar-refractivity contribution is 6.39. The number of aliphatic carboxylic acids is 1.